The van der Waals surface area contributed by atoms with Crippen molar-refractivity contribution < 1.29 is 14.2 Å². The third-order valence-corrected chi connectivity index (χ3v) is 4.39. The van der Waals surface area contributed by atoms with Gasteiger partial charge in [0.1, 0.15) is 11.6 Å². The molecule has 0 amide bonds. The van der Waals surface area contributed by atoms with E-state index >= 15 is 0 Å². The molecule has 2 heterocycles. The molecule has 0 fully saturated rings. The largest absolute Gasteiger partial charge is 0.496 e. The van der Waals surface area contributed by atoms with Crippen molar-refractivity contribution in [3.05, 3.63) is 65.4 Å². The standard InChI is InChI=1S/C21H22N4O3/c1-14-9-20(22-12-16-5-3-4-6-17(16)26-2)25-21(24-14)23-11-15-7-8-18-19(10-15)28-13-27-18/h3-10H,11-13H2,1-2H3,(H2,22,23,24,25). The summed E-state index contributed by atoms with van der Waals surface area (Å²) in [7, 11) is 1.67. The minimum Gasteiger partial charge on any atom is -0.496 e. The predicted octanol–water partition coefficient (Wildman–Crippen LogP) is 3.75. The Kier molecular flexibility index (Phi) is 5.14. The number of anilines is 2. The summed E-state index contributed by atoms with van der Waals surface area (Å²) in [6.07, 6.45) is 0. The molecule has 0 spiro atoms. The van der Waals surface area contributed by atoms with Crippen molar-refractivity contribution in [1.82, 2.24) is 9.97 Å². The molecular formula is C21H22N4O3. The van der Waals surface area contributed by atoms with Crippen LogP contribution in [0.15, 0.2) is 48.5 Å². The predicted molar refractivity (Wildman–Crippen MR) is 107 cm³/mol. The molecular weight excluding hydrogens is 356 g/mol. The Morgan fingerprint density at radius 2 is 1.82 bits per heavy atom. The van der Waals surface area contributed by atoms with Crippen LogP contribution in [-0.4, -0.2) is 23.9 Å². The number of nitrogens with one attached hydrogen (secondary N) is 2. The van der Waals surface area contributed by atoms with Crippen LogP contribution in [0.25, 0.3) is 0 Å². The van der Waals surface area contributed by atoms with Crippen LogP contribution in [0, 0.1) is 6.92 Å². The summed E-state index contributed by atoms with van der Waals surface area (Å²) in [4.78, 5) is 9.03. The van der Waals surface area contributed by atoms with Crippen molar-refractivity contribution in [2.24, 2.45) is 0 Å². The number of aromatic nitrogens is 2. The summed E-state index contributed by atoms with van der Waals surface area (Å²) in [5.41, 5.74) is 3.01. The fourth-order valence-electron chi connectivity index (χ4n) is 3.00. The monoisotopic (exact) mass is 378 g/mol. The van der Waals surface area contributed by atoms with Crippen LogP contribution in [0.4, 0.5) is 11.8 Å². The van der Waals surface area contributed by atoms with E-state index in [0.29, 0.717) is 19.0 Å². The number of methoxy groups -OCH3 is 1. The first-order valence-electron chi connectivity index (χ1n) is 9.05. The van der Waals surface area contributed by atoms with Gasteiger partial charge >= 0.3 is 0 Å². The normalized spacial score (nSPS) is 11.9. The highest BCUT2D eigenvalue weighted by Gasteiger charge is 2.13. The van der Waals surface area contributed by atoms with Crippen molar-refractivity contribution in [2.75, 3.05) is 24.5 Å². The third kappa shape index (κ3) is 4.09. The Bertz CT molecular complexity index is 978. The van der Waals surface area contributed by atoms with Gasteiger partial charge in [-0.25, -0.2) is 4.98 Å². The molecule has 1 aliphatic rings. The molecule has 0 bridgehead atoms. The summed E-state index contributed by atoms with van der Waals surface area (Å²) in [5.74, 6) is 3.72. The lowest BCUT2D eigenvalue weighted by Crippen LogP contribution is -2.08. The van der Waals surface area contributed by atoms with Crippen molar-refractivity contribution in [2.45, 2.75) is 20.0 Å². The SMILES string of the molecule is COc1ccccc1CNc1cc(C)nc(NCc2ccc3c(c2)OCO3)n1. The smallest absolute Gasteiger partial charge is 0.231 e. The van der Waals surface area contributed by atoms with Crippen LogP contribution >= 0.6 is 0 Å². The van der Waals surface area contributed by atoms with Crippen LogP contribution in [0.3, 0.4) is 0 Å². The van der Waals surface area contributed by atoms with Gasteiger partial charge in [0.15, 0.2) is 11.5 Å². The Balaban J connectivity index is 1.42. The van der Waals surface area contributed by atoms with Gasteiger partial charge in [-0.2, -0.15) is 4.98 Å². The van der Waals surface area contributed by atoms with E-state index in [2.05, 4.69) is 20.6 Å². The number of ether oxygens (including phenoxy) is 3. The third-order valence-electron chi connectivity index (χ3n) is 4.39. The molecule has 0 radical (unpaired) electrons. The van der Waals surface area contributed by atoms with Crippen LogP contribution in [0.1, 0.15) is 16.8 Å². The molecule has 7 heteroatoms. The molecule has 7 nitrogen and oxygen atoms in total. The van der Waals surface area contributed by atoms with E-state index in [1.165, 1.54) is 0 Å². The Labute approximate surface area is 163 Å². The summed E-state index contributed by atoms with van der Waals surface area (Å²) in [6.45, 7) is 3.42. The highest BCUT2D eigenvalue weighted by atomic mass is 16.7. The number of aryl methyl sites for hydroxylation is 1. The fraction of sp³-hybridized carbons (Fsp3) is 0.238. The number of benzene rings is 2. The summed E-state index contributed by atoms with van der Waals surface area (Å²) < 4.78 is 16.2. The zero-order valence-electron chi connectivity index (χ0n) is 15.9. The van der Waals surface area contributed by atoms with Gasteiger partial charge in [-0.05, 0) is 30.7 Å². The Morgan fingerprint density at radius 3 is 2.71 bits per heavy atom. The maximum absolute atomic E-state index is 5.42. The summed E-state index contributed by atoms with van der Waals surface area (Å²) >= 11 is 0. The van der Waals surface area contributed by atoms with Gasteiger partial charge in [0, 0.05) is 30.4 Å². The molecule has 2 N–H and O–H groups in total. The zero-order chi connectivity index (χ0) is 19.3. The lowest BCUT2D eigenvalue weighted by molar-refractivity contribution is 0.174. The zero-order valence-corrected chi connectivity index (χ0v) is 15.9. The molecule has 0 unspecified atom stereocenters. The molecule has 0 atom stereocenters. The van der Waals surface area contributed by atoms with Crippen molar-refractivity contribution >= 4 is 11.8 Å². The van der Waals surface area contributed by atoms with Gasteiger partial charge in [0.05, 0.1) is 7.11 Å². The van der Waals surface area contributed by atoms with E-state index in [9.17, 15) is 0 Å². The van der Waals surface area contributed by atoms with E-state index < -0.39 is 0 Å². The van der Waals surface area contributed by atoms with E-state index in [4.69, 9.17) is 14.2 Å². The second-order valence-corrected chi connectivity index (χ2v) is 6.42. The Morgan fingerprint density at radius 1 is 0.964 bits per heavy atom. The quantitative estimate of drug-likeness (QED) is 0.648. The minimum absolute atomic E-state index is 0.272. The highest BCUT2D eigenvalue weighted by Crippen LogP contribution is 2.32. The first-order chi connectivity index (χ1) is 13.7. The average molecular weight is 378 g/mol. The number of para-hydroxylation sites is 1. The van der Waals surface area contributed by atoms with E-state index in [1.54, 1.807) is 7.11 Å². The molecule has 1 aliphatic heterocycles. The number of nitrogens with zero attached hydrogens (tertiary/aromatic N) is 2. The Hall–Kier alpha value is -3.48. The second-order valence-electron chi connectivity index (χ2n) is 6.42. The van der Waals surface area contributed by atoms with Gasteiger partial charge in [0.2, 0.25) is 12.7 Å². The average Bonchev–Trinajstić information content (AvgIpc) is 3.18. The topological polar surface area (TPSA) is 77.5 Å². The summed E-state index contributed by atoms with van der Waals surface area (Å²) in [5, 5.41) is 6.61. The van der Waals surface area contributed by atoms with Gasteiger partial charge in [-0.3, -0.25) is 0 Å². The van der Waals surface area contributed by atoms with E-state index in [1.807, 2.05) is 55.5 Å². The number of fused-ring (bicyclic) bond motifs is 1. The van der Waals surface area contributed by atoms with Crippen LogP contribution in [0.5, 0.6) is 17.2 Å². The minimum atomic E-state index is 0.272. The van der Waals surface area contributed by atoms with Gasteiger partial charge < -0.3 is 24.8 Å². The highest BCUT2D eigenvalue weighted by molar-refractivity contribution is 5.47. The fourth-order valence-corrected chi connectivity index (χ4v) is 3.00. The lowest BCUT2D eigenvalue weighted by Gasteiger charge is -2.12. The van der Waals surface area contributed by atoms with Crippen molar-refractivity contribution in [1.29, 1.82) is 0 Å². The van der Waals surface area contributed by atoms with E-state index in [0.717, 1.165) is 39.9 Å². The maximum Gasteiger partial charge on any atom is 0.231 e. The molecule has 28 heavy (non-hydrogen) atoms. The molecule has 0 aliphatic carbocycles. The first-order valence-corrected chi connectivity index (χ1v) is 9.05. The van der Waals surface area contributed by atoms with Crippen molar-refractivity contribution in [3.8, 4) is 17.2 Å². The molecule has 2 aromatic carbocycles. The van der Waals surface area contributed by atoms with Gasteiger partial charge in [-0.15, -0.1) is 0 Å². The summed E-state index contributed by atoms with van der Waals surface area (Å²) in [6, 6.07) is 15.7. The molecule has 144 valence electrons. The van der Waals surface area contributed by atoms with Crippen LogP contribution < -0.4 is 24.8 Å². The molecule has 1 aromatic heterocycles. The van der Waals surface area contributed by atoms with Gasteiger partial charge in [-0.1, -0.05) is 24.3 Å². The van der Waals surface area contributed by atoms with Gasteiger partial charge in [0.25, 0.3) is 0 Å². The lowest BCUT2D eigenvalue weighted by atomic mass is 10.2. The van der Waals surface area contributed by atoms with Crippen molar-refractivity contribution in [3.63, 3.8) is 0 Å². The molecule has 0 saturated heterocycles. The van der Waals surface area contributed by atoms with E-state index in [-0.39, 0.29) is 6.79 Å². The number of hydrogen-bond acceptors (Lipinski definition) is 7. The van der Waals surface area contributed by atoms with Crippen LogP contribution in [0.2, 0.25) is 0 Å². The number of rotatable bonds is 7. The first kappa shape index (κ1) is 17.9. The second kappa shape index (κ2) is 8.04. The number of hydrogen-bond donors (Lipinski definition) is 2. The molecule has 3 aromatic rings. The van der Waals surface area contributed by atoms with Crippen LogP contribution in [-0.2, 0) is 13.1 Å². The molecule has 4 rings (SSSR count). The molecule has 0 saturated carbocycles. The maximum atomic E-state index is 5.42.